The molecule has 0 aliphatic carbocycles. The van der Waals surface area contributed by atoms with Crippen molar-refractivity contribution in [2.24, 2.45) is 0 Å². The number of halogens is 3. The van der Waals surface area contributed by atoms with Crippen molar-refractivity contribution in [2.45, 2.75) is 19.0 Å². The summed E-state index contributed by atoms with van der Waals surface area (Å²) < 4.78 is 42.6. The zero-order valence-electron chi connectivity index (χ0n) is 13.3. The lowest BCUT2D eigenvalue weighted by atomic mass is 10.1. The Morgan fingerprint density at radius 1 is 1.12 bits per heavy atom. The van der Waals surface area contributed by atoms with E-state index >= 15 is 0 Å². The Morgan fingerprint density at radius 2 is 1.79 bits per heavy atom. The molecule has 0 N–H and O–H groups in total. The van der Waals surface area contributed by atoms with Crippen molar-refractivity contribution in [3.8, 4) is 5.75 Å². The van der Waals surface area contributed by atoms with Crippen LogP contribution in [0.25, 0.3) is 0 Å². The fraction of sp³-hybridized carbons (Fsp3) is 0.500. The quantitative estimate of drug-likeness (QED) is 0.841. The van der Waals surface area contributed by atoms with Crippen molar-refractivity contribution >= 4 is 11.8 Å². The highest BCUT2D eigenvalue weighted by Gasteiger charge is 2.42. The second-order valence-electron chi connectivity index (χ2n) is 5.55. The molecule has 24 heavy (non-hydrogen) atoms. The van der Waals surface area contributed by atoms with Crippen LogP contribution in [-0.2, 0) is 16.0 Å². The van der Waals surface area contributed by atoms with E-state index in [2.05, 4.69) is 0 Å². The van der Waals surface area contributed by atoms with Gasteiger partial charge < -0.3 is 14.5 Å². The van der Waals surface area contributed by atoms with Crippen LogP contribution in [0, 0.1) is 0 Å². The van der Waals surface area contributed by atoms with Gasteiger partial charge in [0.2, 0.25) is 5.91 Å². The molecule has 0 bridgehead atoms. The van der Waals surface area contributed by atoms with Gasteiger partial charge >= 0.3 is 12.1 Å². The van der Waals surface area contributed by atoms with Crippen LogP contribution in [0.1, 0.15) is 12.0 Å². The number of hydrogen-bond donors (Lipinski definition) is 0. The standard InChI is InChI=1S/C16H19F3N2O3/c1-24-13-5-2-4-12(10-13)11-14(22)20-6-3-7-21(9-8-20)15(23)16(17,18)19/h2,4-5,10H,3,6-9,11H2,1H3. The van der Waals surface area contributed by atoms with E-state index in [-0.39, 0.29) is 32.0 Å². The third-order valence-corrected chi connectivity index (χ3v) is 3.87. The third kappa shape index (κ3) is 4.62. The molecule has 0 atom stereocenters. The summed E-state index contributed by atoms with van der Waals surface area (Å²) in [6, 6.07) is 7.07. The van der Waals surface area contributed by atoms with Gasteiger partial charge in [-0.3, -0.25) is 9.59 Å². The van der Waals surface area contributed by atoms with Crippen LogP contribution in [-0.4, -0.2) is 61.1 Å². The van der Waals surface area contributed by atoms with E-state index in [9.17, 15) is 22.8 Å². The predicted octanol–water partition coefficient (Wildman–Crippen LogP) is 1.86. The number of carbonyl (C=O) groups is 2. The van der Waals surface area contributed by atoms with E-state index in [1.165, 1.54) is 12.0 Å². The van der Waals surface area contributed by atoms with Crippen LogP contribution in [0.4, 0.5) is 13.2 Å². The molecule has 1 saturated heterocycles. The average molecular weight is 344 g/mol. The number of rotatable bonds is 3. The molecule has 0 radical (unpaired) electrons. The minimum Gasteiger partial charge on any atom is -0.497 e. The van der Waals surface area contributed by atoms with E-state index in [1.807, 2.05) is 0 Å². The van der Waals surface area contributed by atoms with Gasteiger partial charge in [-0.1, -0.05) is 12.1 Å². The lowest BCUT2D eigenvalue weighted by molar-refractivity contribution is -0.185. The van der Waals surface area contributed by atoms with Crippen LogP contribution in [0.15, 0.2) is 24.3 Å². The van der Waals surface area contributed by atoms with Gasteiger partial charge in [-0.25, -0.2) is 0 Å². The second-order valence-corrected chi connectivity index (χ2v) is 5.55. The monoisotopic (exact) mass is 344 g/mol. The second kappa shape index (κ2) is 7.55. The van der Waals surface area contributed by atoms with Crippen LogP contribution in [0.2, 0.25) is 0 Å². The van der Waals surface area contributed by atoms with Crippen molar-refractivity contribution < 1.29 is 27.5 Å². The van der Waals surface area contributed by atoms with E-state index in [4.69, 9.17) is 4.74 Å². The molecule has 5 nitrogen and oxygen atoms in total. The van der Waals surface area contributed by atoms with Crippen molar-refractivity contribution in [2.75, 3.05) is 33.3 Å². The topological polar surface area (TPSA) is 49.9 Å². The van der Waals surface area contributed by atoms with E-state index in [1.54, 1.807) is 24.3 Å². The summed E-state index contributed by atoms with van der Waals surface area (Å²) in [5.41, 5.74) is 0.770. The average Bonchev–Trinajstić information content (AvgIpc) is 2.79. The van der Waals surface area contributed by atoms with Gasteiger partial charge in [0.1, 0.15) is 5.75 Å². The van der Waals surface area contributed by atoms with E-state index in [0.717, 1.165) is 10.5 Å². The van der Waals surface area contributed by atoms with Crippen molar-refractivity contribution in [1.29, 1.82) is 0 Å². The molecule has 1 aromatic rings. The van der Waals surface area contributed by atoms with Crippen LogP contribution in [0.5, 0.6) is 5.75 Å². The van der Waals surface area contributed by atoms with Crippen molar-refractivity contribution in [1.82, 2.24) is 9.80 Å². The van der Waals surface area contributed by atoms with Gasteiger partial charge in [0, 0.05) is 26.2 Å². The van der Waals surface area contributed by atoms with E-state index < -0.39 is 12.1 Å². The Bertz CT molecular complexity index is 604. The molecule has 1 aliphatic rings. The molecule has 0 spiro atoms. The molecule has 0 saturated carbocycles. The summed E-state index contributed by atoms with van der Waals surface area (Å²) in [6.45, 7) is 0.332. The molecule has 1 heterocycles. The summed E-state index contributed by atoms with van der Waals surface area (Å²) in [4.78, 5) is 25.9. The van der Waals surface area contributed by atoms with Crippen LogP contribution >= 0.6 is 0 Å². The number of benzene rings is 1. The van der Waals surface area contributed by atoms with Gasteiger partial charge in [-0.05, 0) is 24.1 Å². The molecule has 1 aliphatic heterocycles. The number of hydrogen-bond acceptors (Lipinski definition) is 3. The zero-order chi connectivity index (χ0) is 17.7. The molecule has 8 heteroatoms. The Labute approximate surface area is 138 Å². The molecular weight excluding hydrogens is 325 g/mol. The SMILES string of the molecule is COc1cccc(CC(=O)N2CCCN(C(=O)C(F)(F)F)CC2)c1. The number of amides is 2. The van der Waals surface area contributed by atoms with Gasteiger partial charge in [-0.2, -0.15) is 13.2 Å². The molecule has 1 aromatic carbocycles. The Kier molecular flexibility index (Phi) is 5.69. The van der Waals surface area contributed by atoms with Crippen LogP contribution < -0.4 is 4.74 Å². The number of alkyl halides is 3. The lowest BCUT2D eigenvalue weighted by Crippen LogP contribution is -2.43. The van der Waals surface area contributed by atoms with Crippen LogP contribution in [0.3, 0.4) is 0 Å². The summed E-state index contributed by atoms with van der Waals surface area (Å²) in [6.07, 6.45) is -4.41. The molecule has 2 rings (SSSR count). The number of nitrogens with zero attached hydrogens (tertiary/aromatic N) is 2. The summed E-state index contributed by atoms with van der Waals surface area (Å²) in [5.74, 6) is -1.38. The lowest BCUT2D eigenvalue weighted by Gasteiger charge is -2.23. The maximum absolute atomic E-state index is 12.5. The number of ether oxygens (including phenoxy) is 1. The molecule has 132 valence electrons. The molecule has 1 fully saturated rings. The van der Waals surface area contributed by atoms with Gasteiger partial charge in [0.25, 0.3) is 0 Å². The Morgan fingerprint density at radius 3 is 2.46 bits per heavy atom. The highest BCUT2D eigenvalue weighted by atomic mass is 19.4. The summed E-state index contributed by atoms with van der Waals surface area (Å²) in [5, 5.41) is 0. The highest BCUT2D eigenvalue weighted by Crippen LogP contribution is 2.20. The fourth-order valence-electron chi connectivity index (χ4n) is 2.62. The van der Waals surface area contributed by atoms with Crippen molar-refractivity contribution in [3.05, 3.63) is 29.8 Å². The largest absolute Gasteiger partial charge is 0.497 e. The van der Waals surface area contributed by atoms with Gasteiger partial charge in [0.05, 0.1) is 13.5 Å². The number of methoxy groups -OCH3 is 1. The minimum absolute atomic E-state index is 0.00127. The van der Waals surface area contributed by atoms with E-state index in [0.29, 0.717) is 18.7 Å². The first kappa shape index (κ1) is 18.1. The van der Waals surface area contributed by atoms with Crippen molar-refractivity contribution in [3.63, 3.8) is 0 Å². The first-order chi connectivity index (χ1) is 11.3. The van der Waals surface area contributed by atoms with Gasteiger partial charge in [0.15, 0.2) is 0 Å². The molecule has 2 amide bonds. The minimum atomic E-state index is -4.88. The normalized spacial score (nSPS) is 15.8. The smallest absolute Gasteiger partial charge is 0.471 e. The maximum atomic E-state index is 12.5. The maximum Gasteiger partial charge on any atom is 0.471 e. The Balaban J connectivity index is 1.95. The summed E-state index contributed by atoms with van der Waals surface area (Å²) >= 11 is 0. The third-order valence-electron chi connectivity index (χ3n) is 3.87. The first-order valence-corrected chi connectivity index (χ1v) is 7.58. The van der Waals surface area contributed by atoms with Gasteiger partial charge in [-0.15, -0.1) is 0 Å². The molecule has 0 aromatic heterocycles. The fourth-order valence-corrected chi connectivity index (χ4v) is 2.62. The zero-order valence-corrected chi connectivity index (χ0v) is 13.3. The molecule has 0 unspecified atom stereocenters. The summed E-state index contributed by atoms with van der Waals surface area (Å²) in [7, 11) is 1.53. The number of carbonyl (C=O) groups excluding carboxylic acids is 2. The first-order valence-electron chi connectivity index (χ1n) is 7.58. The Hall–Kier alpha value is -2.25. The highest BCUT2D eigenvalue weighted by molar-refractivity contribution is 5.82. The predicted molar refractivity (Wildman–Crippen MR) is 80.5 cm³/mol. The molecular formula is C16H19F3N2O3.